The third-order valence-electron chi connectivity index (χ3n) is 9.13. The Balaban J connectivity index is 1.37. The van der Waals surface area contributed by atoms with Gasteiger partial charge in [0.15, 0.2) is 0 Å². The molecule has 2 nitrogen and oxygen atoms in total. The average Bonchev–Trinajstić information content (AvgIpc) is 2.70. The first kappa shape index (κ1) is 18.7. The number of allylic oxidation sites excluding steroid dienone is 1. The fourth-order valence-corrected chi connectivity index (χ4v) is 8.06. The van der Waals surface area contributed by atoms with Gasteiger partial charge in [0.2, 0.25) is 0 Å². The van der Waals surface area contributed by atoms with E-state index in [-0.39, 0.29) is 0 Å². The van der Waals surface area contributed by atoms with Gasteiger partial charge >= 0.3 is 0 Å². The molecule has 2 heteroatoms. The van der Waals surface area contributed by atoms with Crippen LogP contribution in [0.15, 0.2) is 42.6 Å². The van der Waals surface area contributed by atoms with Gasteiger partial charge in [-0.2, -0.15) is 0 Å². The maximum absolute atomic E-state index is 6.11. The number of hydrogen-bond acceptors (Lipinski definition) is 2. The van der Waals surface area contributed by atoms with E-state index in [0.717, 1.165) is 11.8 Å². The van der Waals surface area contributed by atoms with Gasteiger partial charge in [0.05, 0.1) is 0 Å². The molecule has 152 valence electrons. The second-order valence-electron chi connectivity index (χ2n) is 10.8. The van der Waals surface area contributed by atoms with Crippen LogP contribution < -0.4 is 11.1 Å². The molecule has 6 rings (SSSR count). The van der Waals surface area contributed by atoms with Crippen LogP contribution in [0.3, 0.4) is 0 Å². The summed E-state index contributed by atoms with van der Waals surface area (Å²) in [5.74, 6) is 2.31. The maximum atomic E-state index is 6.11. The van der Waals surface area contributed by atoms with Crippen LogP contribution in [0.25, 0.3) is 0 Å². The molecule has 0 aromatic heterocycles. The fourth-order valence-electron chi connectivity index (χ4n) is 8.06. The van der Waals surface area contributed by atoms with Gasteiger partial charge in [0.25, 0.3) is 0 Å². The average molecular weight is 379 g/mol. The molecule has 5 fully saturated rings. The minimum atomic E-state index is 0.419. The molecule has 28 heavy (non-hydrogen) atoms. The summed E-state index contributed by atoms with van der Waals surface area (Å²) >= 11 is 0. The van der Waals surface area contributed by atoms with Gasteiger partial charge in [-0.25, -0.2) is 0 Å². The monoisotopic (exact) mass is 378 g/mol. The molecule has 1 aromatic carbocycles. The zero-order chi connectivity index (χ0) is 19.4. The van der Waals surface area contributed by atoms with Crippen LogP contribution in [0.4, 0.5) is 0 Å². The van der Waals surface area contributed by atoms with Crippen molar-refractivity contribution in [2.45, 2.75) is 88.6 Å². The Kier molecular flexibility index (Phi) is 4.62. The van der Waals surface area contributed by atoms with Gasteiger partial charge in [0.1, 0.15) is 0 Å². The Morgan fingerprint density at radius 1 is 1.04 bits per heavy atom. The normalized spacial score (nSPS) is 44.4. The lowest BCUT2D eigenvalue weighted by atomic mass is 9.39. The van der Waals surface area contributed by atoms with Gasteiger partial charge in [-0.1, -0.05) is 50.3 Å². The van der Waals surface area contributed by atoms with Crippen LogP contribution in [0.2, 0.25) is 0 Å². The third kappa shape index (κ3) is 3.03. The van der Waals surface area contributed by atoms with Crippen molar-refractivity contribution >= 4 is 0 Å². The molecule has 5 aliphatic rings. The molecular formula is C26H38N2. The summed E-state index contributed by atoms with van der Waals surface area (Å²) in [4.78, 5) is 0. The first-order valence-corrected chi connectivity index (χ1v) is 11.8. The fraction of sp³-hybridized carbons (Fsp3) is 0.692. The summed E-state index contributed by atoms with van der Waals surface area (Å²) < 4.78 is 0. The highest BCUT2D eigenvalue weighted by atomic mass is 14.9. The number of rotatable bonds is 5. The van der Waals surface area contributed by atoms with E-state index in [1.165, 1.54) is 69.9 Å². The van der Waals surface area contributed by atoms with Gasteiger partial charge in [-0.05, 0) is 86.0 Å². The summed E-state index contributed by atoms with van der Waals surface area (Å²) in [5.41, 5.74) is 10.1. The van der Waals surface area contributed by atoms with E-state index in [4.69, 9.17) is 5.73 Å². The van der Waals surface area contributed by atoms with Crippen LogP contribution in [0.1, 0.15) is 76.7 Å². The largest absolute Gasteiger partial charge is 0.386 e. The molecule has 5 aliphatic carbocycles. The quantitative estimate of drug-likeness (QED) is 0.706. The van der Waals surface area contributed by atoms with Crippen LogP contribution in [-0.4, -0.2) is 12.1 Å². The first-order chi connectivity index (χ1) is 13.5. The first-order valence-electron chi connectivity index (χ1n) is 11.8. The minimum absolute atomic E-state index is 0.419. The lowest BCUT2D eigenvalue weighted by molar-refractivity contribution is -0.104. The number of benzene rings is 1. The summed E-state index contributed by atoms with van der Waals surface area (Å²) in [6.07, 6.45) is 13.1. The van der Waals surface area contributed by atoms with Crippen LogP contribution in [0.5, 0.6) is 0 Å². The molecule has 1 aromatic rings. The topological polar surface area (TPSA) is 38.0 Å². The number of hydrogen-bond donors (Lipinski definition) is 2. The molecule has 0 amide bonds. The van der Waals surface area contributed by atoms with E-state index in [2.05, 4.69) is 49.2 Å². The van der Waals surface area contributed by atoms with Gasteiger partial charge in [0, 0.05) is 23.7 Å². The highest BCUT2D eigenvalue weighted by molar-refractivity contribution is 5.32. The van der Waals surface area contributed by atoms with E-state index >= 15 is 0 Å². The predicted octanol–water partition coefficient (Wildman–Crippen LogP) is 5.53. The number of nitrogens with two attached hydrogens (primary N) is 1. The van der Waals surface area contributed by atoms with E-state index in [9.17, 15) is 0 Å². The second-order valence-corrected chi connectivity index (χ2v) is 10.8. The Bertz CT molecular complexity index is 699. The van der Waals surface area contributed by atoms with E-state index < -0.39 is 0 Å². The Hall–Kier alpha value is -1.28. The van der Waals surface area contributed by atoms with E-state index in [1.54, 1.807) is 5.56 Å². The lowest BCUT2D eigenvalue weighted by Gasteiger charge is -2.65. The van der Waals surface area contributed by atoms with Crippen molar-refractivity contribution in [3.63, 3.8) is 0 Å². The molecule has 5 saturated carbocycles. The van der Waals surface area contributed by atoms with Gasteiger partial charge < -0.3 is 11.1 Å². The summed E-state index contributed by atoms with van der Waals surface area (Å²) in [5, 5.41) is 3.90. The molecule has 2 atom stereocenters. The highest BCUT2D eigenvalue weighted by Crippen LogP contribution is 2.69. The molecule has 0 spiro atoms. The molecule has 3 N–H and O–H groups in total. The van der Waals surface area contributed by atoms with Gasteiger partial charge in [-0.15, -0.1) is 0 Å². The van der Waals surface area contributed by atoms with Crippen LogP contribution in [-0.2, 0) is 5.41 Å². The summed E-state index contributed by atoms with van der Waals surface area (Å²) in [6.45, 7) is 7.06. The SMILES string of the molecule is C=C(NC1CCC(N)CC1)C1C2CC3(CC)CC1CC(c1ccccc1)(C2)C3. The van der Waals surface area contributed by atoms with Crippen LogP contribution >= 0.6 is 0 Å². The van der Waals surface area contributed by atoms with Crippen molar-refractivity contribution in [3.8, 4) is 0 Å². The molecule has 0 saturated heterocycles. The zero-order valence-electron chi connectivity index (χ0n) is 17.6. The molecule has 2 unspecified atom stereocenters. The second kappa shape index (κ2) is 6.90. The molecular weight excluding hydrogens is 340 g/mol. The van der Waals surface area contributed by atoms with Gasteiger partial charge in [-0.3, -0.25) is 0 Å². The smallest absolute Gasteiger partial charge is 0.0259 e. The van der Waals surface area contributed by atoms with E-state index in [0.29, 0.717) is 28.8 Å². The standard InChI is InChI=1S/C26H38N2/c1-3-25-13-19-15-26(17-25,21-7-5-4-6-8-21)16-20(14-25)24(19)18(2)28-23-11-9-22(27)10-12-23/h4-8,19-20,22-24,28H,2-3,9-17,27H2,1H3. The van der Waals surface area contributed by atoms with Crippen molar-refractivity contribution in [3.05, 3.63) is 48.2 Å². The minimum Gasteiger partial charge on any atom is -0.386 e. The molecule has 0 heterocycles. The van der Waals surface area contributed by atoms with Crippen molar-refractivity contribution in [1.82, 2.24) is 5.32 Å². The summed E-state index contributed by atoms with van der Waals surface area (Å²) in [6, 6.07) is 12.5. The predicted molar refractivity (Wildman–Crippen MR) is 117 cm³/mol. The van der Waals surface area contributed by atoms with Crippen molar-refractivity contribution < 1.29 is 0 Å². The molecule has 0 radical (unpaired) electrons. The molecule has 4 bridgehead atoms. The Morgan fingerprint density at radius 3 is 2.29 bits per heavy atom. The maximum Gasteiger partial charge on any atom is 0.0259 e. The Morgan fingerprint density at radius 2 is 1.68 bits per heavy atom. The van der Waals surface area contributed by atoms with Crippen molar-refractivity contribution in [2.24, 2.45) is 28.9 Å². The highest BCUT2D eigenvalue weighted by Gasteiger charge is 2.61. The molecule has 0 aliphatic heterocycles. The summed E-state index contributed by atoms with van der Waals surface area (Å²) in [7, 11) is 0. The zero-order valence-corrected chi connectivity index (χ0v) is 17.6. The van der Waals surface area contributed by atoms with Crippen molar-refractivity contribution in [2.75, 3.05) is 0 Å². The van der Waals surface area contributed by atoms with E-state index in [1.807, 2.05) is 0 Å². The lowest BCUT2D eigenvalue weighted by Crippen LogP contribution is -2.58. The third-order valence-corrected chi connectivity index (χ3v) is 9.13. The van der Waals surface area contributed by atoms with Crippen LogP contribution in [0, 0.1) is 23.2 Å². The van der Waals surface area contributed by atoms with Crippen molar-refractivity contribution in [1.29, 1.82) is 0 Å². The number of nitrogens with one attached hydrogen (secondary N) is 1. The Labute approximate surface area is 171 Å².